The van der Waals surface area contributed by atoms with Gasteiger partial charge in [0.1, 0.15) is 0 Å². The van der Waals surface area contributed by atoms with Gasteiger partial charge in [0, 0.05) is 10.7 Å². The maximum atomic E-state index is 6.10. The molecule has 0 unspecified atom stereocenters. The molecule has 5 heteroatoms. The third kappa shape index (κ3) is 3.13. The smallest absolute Gasteiger partial charge is 0.173 e. The molecule has 18 heavy (non-hydrogen) atoms. The third-order valence-corrected chi connectivity index (χ3v) is 4.18. The fourth-order valence-corrected chi connectivity index (χ4v) is 2.50. The number of anilines is 1. The van der Waals surface area contributed by atoms with Gasteiger partial charge in [0.15, 0.2) is 5.11 Å². The summed E-state index contributed by atoms with van der Waals surface area (Å²) in [5, 5.41) is 4.87. The molecule has 0 aliphatic carbocycles. The van der Waals surface area contributed by atoms with Crippen LogP contribution in [0, 0.1) is 6.92 Å². The van der Waals surface area contributed by atoms with Crippen LogP contribution >= 0.6 is 23.8 Å². The second-order valence-corrected chi connectivity index (χ2v) is 5.58. The minimum atomic E-state index is 0.769. The number of rotatable bonds is 1. The van der Waals surface area contributed by atoms with Crippen LogP contribution in [0.3, 0.4) is 0 Å². The lowest BCUT2D eigenvalue weighted by molar-refractivity contribution is -0.883. The molecule has 98 valence electrons. The van der Waals surface area contributed by atoms with Crippen LogP contribution in [0.5, 0.6) is 0 Å². The van der Waals surface area contributed by atoms with E-state index in [-0.39, 0.29) is 0 Å². The zero-order chi connectivity index (χ0) is 13.1. The van der Waals surface area contributed by atoms with Crippen molar-refractivity contribution in [3.05, 3.63) is 28.8 Å². The fraction of sp³-hybridized carbons (Fsp3) is 0.462. The van der Waals surface area contributed by atoms with Crippen LogP contribution in [0.2, 0.25) is 5.02 Å². The van der Waals surface area contributed by atoms with Crippen molar-refractivity contribution in [2.24, 2.45) is 0 Å². The van der Waals surface area contributed by atoms with Gasteiger partial charge in [-0.15, -0.1) is 0 Å². The van der Waals surface area contributed by atoms with Crippen LogP contribution in [-0.4, -0.2) is 43.2 Å². The van der Waals surface area contributed by atoms with Crippen molar-refractivity contribution in [1.82, 2.24) is 4.90 Å². The molecule has 1 saturated heterocycles. The minimum Gasteiger partial charge on any atom is -0.338 e. The van der Waals surface area contributed by atoms with Crippen molar-refractivity contribution in [3.63, 3.8) is 0 Å². The second-order valence-electron chi connectivity index (χ2n) is 4.79. The molecular weight excluding hydrogens is 266 g/mol. The molecule has 0 bridgehead atoms. The molecule has 0 saturated carbocycles. The highest BCUT2D eigenvalue weighted by molar-refractivity contribution is 7.80. The van der Waals surface area contributed by atoms with Gasteiger partial charge in [-0.25, -0.2) is 0 Å². The molecule has 1 aromatic carbocycles. The molecule has 0 radical (unpaired) electrons. The molecule has 1 fully saturated rings. The van der Waals surface area contributed by atoms with Crippen molar-refractivity contribution in [3.8, 4) is 0 Å². The van der Waals surface area contributed by atoms with Gasteiger partial charge in [-0.2, -0.15) is 0 Å². The number of benzene rings is 1. The van der Waals surface area contributed by atoms with Crippen LogP contribution in [0.15, 0.2) is 18.2 Å². The molecule has 2 rings (SSSR count). The summed E-state index contributed by atoms with van der Waals surface area (Å²) in [6.45, 7) is 6.29. The Bertz CT molecular complexity index is 442. The molecule has 0 atom stereocenters. The Kier molecular flexibility index (Phi) is 4.43. The first-order valence-electron chi connectivity index (χ1n) is 6.20. The van der Waals surface area contributed by atoms with Crippen molar-refractivity contribution in [2.75, 3.05) is 38.5 Å². The van der Waals surface area contributed by atoms with Gasteiger partial charge in [0.05, 0.1) is 33.2 Å². The maximum absolute atomic E-state index is 6.10. The largest absolute Gasteiger partial charge is 0.338 e. The molecular formula is C13H19ClN3S+. The molecule has 0 aromatic heterocycles. The van der Waals surface area contributed by atoms with Crippen molar-refractivity contribution < 1.29 is 4.90 Å². The summed E-state index contributed by atoms with van der Waals surface area (Å²) in [5.74, 6) is 0. The third-order valence-electron chi connectivity index (χ3n) is 3.41. The first kappa shape index (κ1) is 13.6. The Labute approximate surface area is 119 Å². The lowest BCUT2D eigenvalue weighted by Gasteiger charge is -2.32. The molecule has 2 N–H and O–H groups in total. The molecule has 1 aliphatic rings. The van der Waals surface area contributed by atoms with Crippen LogP contribution < -0.4 is 10.2 Å². The van der Waals surface area contributed by atoms with Crippen molar-refractivity contribution in [1.29, 1.82) is 0 Å². The van der Waals surface area contributed by atoms with Gasteiger partial charge in [-0.3, -0.25) is 0 Å². The number of likely N-dealkylation sites (N-methyl/N-ethyl adjacent to an activating group) is 1. The Morgan fingerprint density at radius 2 is 2.06 bits per heavy atom. The summed E-state index contributed by atoms with van der Waals surface area (Å²) in [6.07, 6.45) is 0. The van der Waals surface area contributed by atoms with Crippen LogP contribution in [-0.2, 0) is 0 Å². The number of nitrogens with one attached hydrogen (secondary N) is 2. The van der Waals surface area contributed by atoms with Gasteiger partial charge in [0.2, 0.25) is 0 Å². The lowest BCUT2D eigenvalue weighted by Crippen LogP contribution is -3.12. The second kappa shape index (κ2) is 5.87. The first-order valence-corrected chi connectivity index (χ1v) is 6.99. The van der Waals surface area contributed by atoms with E-state index in [1.165, 1.54) is 0 Å². The SMILES string of the molecule is Cc1c(Cl)cccc1NC(=S)N1CC[NH+](C)CC1. The van der Waals surface area contributed by atoms with E-state index < -0.39 is 0 Å². The van der Waals surface area contributed by atoms with Gasteiger partial charge in [0.25, 0.3) is 0 Å². The first-order chi connectivity index (χ1) is 8.58. The molecule has 3 nitrogen and oxygen atoms in total. The predicted octanol–water partition coefficient (Wildman–Crippen LogP) is 1.18. The van der Waals surface area contributed by atoms with E-state index in [4.69, 9.17) is 23.8 Å². The van der Waals surface area contributed by atoms with E-state index in [9.17, 15) is 0 Å². The summed E-state index contributed by atoms with van der Waals surface area (Å²) >= 11 is 11.6. The van der Waals surface area contributed by atoms with E-state index in [0.29, 0.717) is 0 Å². The monoisotopic (exact) mass is 284 g/mol. The Morgan fingerprint density at radius 1 is 1.39 bits per heavy atom. The number of hydrogen-bond donors (Lipinski definition) is 2. The topological polar surface area (TPSA) is 19.7 Å². The Hall–Kier alpha value is -0.840. The highest BCUT2D eigenvalue weighted by atomic mass is 35.5. The van der Waals surface area contributed by atoms with E-state index >= 15 is 0 Å². The molecule has 0 spiro atoms. The number of nitrogens with zero attached hydrogens (tertiary/aromatic N) is 1. The van der Waals surface area contributed by atoms with Gasteiger partial charge >= 0.3 is 0 Å². The predicted molar refractivity (Wildman–Crippen MR) is 80.6 cm³/mol. The highest BCUT2D eigenvalue weighted by Gasteiger charge is 2.19. The van der Waals surface area contributed by atoms with Crippen molar-refractivity contribution in [2.45, 2.75) is 6.92 Å². The number of halogens is 1. The molecule has 1 aliphatic heterocycles. The Morgan fingerprint density at radius 3 is 2.72 bits per heavy atom. The highest BCUT2D eigenvalue weighted by Crippen LogP contribution is 2.23. The van der Waals surface area contributed by atoms with E-state index in [0.717, 1.165) is 47.6 Å². The zero-order valence-corrected chi connectivity index (χ0v) is 12.4. The zero-order valence-electron chi connectivity index (χ0n) is 10.8. The van der Waals surface area contributed by atoms with Crippen LogP contribution in [0.25, 0.3) is 0 Å². The van der Waals surface area contributed by atoms with E-state index in [1.807, 2.05) is 25.1 Å². The number of thiocarbonyl (C=S) groups is 1. The summed E-state index contributed by atoms with van der Waals surface area (Å²) in [7, 11) is 2.22. The van der Waals surface area contributed by atoms with Gasteiger partial charge in [-0.05, 0) is 36.8 Å². The average molecular weight is 285 g/mol. The number of quaternary nitrogens is 1. The number of piperazine rings is 1. The maximum Gasteiger partial charge on any atom is 0.173 e. The van der Waals surface area contributed by atoms with Crippen LogP contribution in [0.4, 0.5) is 5.69 Å². The van der Waals surface area contributed by atoms with Crippen LogP contribution in [0.1, 0.15) is 5.56 Å². The van der Waals surface area contributed by atoms with E-state index in [1.54, 1.807) is 4.90 Å². The summed E-state index contributed by atoms with van der Waals surface area (Å²) in [6, 6.07) is 5.84. The lowest BCUT2D eigenvalue weighted by atomic mass is 10.2. The number of hydrogen-bond acceptors (Lipinski definition) is 1. The van der Waals surface area contributed by atoms with Gasteiger partial charge in [-0.1, -0.05) is 17.7 Å². The fourth-order valence-electron chi connectivity index (χ4n) is 2.03. The summed E-state index contributed by atoms with van der Waals surface area (Å²) < 4.78 is 0. The molecule has 1 aromatic rings. The Balaban J connectivity index is 2.01. The summed E-state index contributed by atoms with van der Waals surface area (Å²) in [4.78, 5) is 3.79. The van der Waals surface area contributed by atoms with Gasteiger partial charge < -0.3 is 15.1 Å². The molecule has 1 heterocycles. The normalized spacial score (nSPS) is 16.7. The van der Waals surface area contributed by atoms with Crippen molar-refractivity contribution >= 4 is 34.6 Å². The average Bonchev–Trinajstić information content (AvgIpc) is 2.36. The minimum absolute atomic E-state index is 0.769. The molecule has 0 amide bonds. The quantitative estimate of drug-likeness (QED) is 0.756. The standard InChI is InChI=1S/C13H18ClN3S/c1-10-11(14)4-3-5-12(10)15-13(18)17-8-6-16(2)7-9-17/h3-5H,6-9H2,1-2H3,(H,15,18)/p+1. The van der Waals surface area contributed by atoms with E-state index in [2.05, 4.69) is 17.3 Å². The summed E-state index contributed by atoms with van der Waals surface area (Å²) in [5.41, 5.74) is 2.04.